The van der Waals surface area contributed by atoms with E-state index in [1.807, 2.05) is 42.6 Å². The van der Waals surface area contributed by atoms with E-state index in [-0.39, 0.29) is 18.4 Å². The van der Waals surface area contributed by atoms with Gasteiger partial charge in [0.25, 0.3) is 0 Å². The molecular weight excluding hydrogens is 397 g/mol. The third-order valence-electron chi connectivity index (χ3n) is 4.85. The van der Waals surface area contributed by atoms with Gasteiger partial charge in [-0.1, -0.05) is 35.0 Å². The molecule has 0 amide bonds. The summed E-state index contributed by atoms with van der Waals surface area (Å²) in [6, 6.07) is 16.0. The van der Waals surface area contributed by atoms with Crippen molar-refractivity contribution >= 4 is 24.0 Å². The summed E-state index contributed by atoms with van der Waals surface area (Å²) >= 11 is 5.96. The molecule has 0 aliphatic carbocycles. The number of hydrogen-bond donors (Lipinski definition) is 1. The first-order chi connectivity index (χ1) is 13.2. The molecule has 148 valence electrons. The molecular formula is C20H23Cl2N5O. The lowest BCUT2D eigenvalue weighted by Gasteiger charge is -2.36. The van der Waals surface area contributed by atoms with Crippen molar-refractivity contribution in [1.29, 1.82) is 0 Å². The molecule has 1 unspecified atom stereocenters. The number of benzene rings is 2. The minimum Gasteiger partial charge on any atom is -0.496 e. The van der Waals surface area contributed by atoms with Crippen LogP contribution in [0.1, 0.15) is 17.3 Å². The molecule has 1 aliphatic rings. The van der Waals surface area contributed by atoms with E-state index in [1.54, 1.807) is 11.8 Å². The van der Waals surface area contributed by atoms with E-state index < -0.39 is 0 Å². The van der Waals surface area contributed by atoms with Crippen LogP contribution in [-0.2, 0) is 6.54 Å². The molecule has 0 spiro atoms. The molecule has 2 aromatic carbocycles. The van der Waals surface area contributed by atoms with E-state index in [2.05, 4.69) is 32.7 Å². The average Bonchev–Trinajstić information content (AvgIpc) is 3.17. The summed E-state index contributed by atoms with van der Waals surface area (Å²) < 4.78 is 7.36. The van der Waals surface area contributed by atoms with Crippen molar-refractivity contribution in [2.24, 2.45) is 0 Å². The number of nitrogens with one attached hydrogen (secondary N) is 1. The van der Waals surface area contributed by atoms with Gasteiger partial charge in [-0.3, -0.25) is 4.90 Å². The van der Waals surface area contributed by atoms with Gasteiger partial charge in [0.2, 0.25) is 0 Å². The summed E-state index contributed by atoms with van der Waals surface area (Å²) in [4.78, 5) is 2.42. The third-order valence-corrected chi connectivity index (χ3v) is 5.10. The van der Waals surface area contributed by atoms with Gasteiger partial charge in [0.1, 0.15) is 5.75 Å². The van der Waals surface area contributed by atoms with Gasteiger partial charge in [-0.15, -0.1) is 17.5 Å². The van der Waals surface area contributed by atoms with E-state index in [0.29, 0.717) is 5.02 Å². The number of halogens is 2. The van der Waals surface area contributed by atoms with E-state index in [4.69, 9.17) is 16.3 Å². The van der Waals surface area contributed by atoms with Crippen LogP contribution < -0.4 is 10.1 Å². The Bertz CT molecular complexity index is 900. The zero-order chi connectivity index (χ0) is 18.6. The Hall–Kier alpha value is -2.12. The molecule has 8 heteroatoms. The van der Waals surface area contributed by atoms with Crippen molar-refractivity contribution in [1.82, 2.24) is 25.2 Å². The molecule has 0 bridgehead atoms. The molecule has 4 rings (SSSR count). The maximum atomic E-state index is 5.96. The first kappa shape index (κ1) is 20.6. The largest absolute Gasteiger partial charge is 0.496 e. The fraction of sp³-hybridized carbons (Fsp3) is 0.300. The van der Waals surface area contributed by atoms with Gasteiger partial charge in [0.15, 0.2) is 0 Å². The van der Waals surface area contributed by atoms with Crippen LogP contribution in [0.15, 0.2) is 54.7 Å². The molecule has 2 heterocycles. The van der Waals surface area contributed by atoms with Crippen LogP contribution in [0.2, 0.25) is 5.02 Å². The number of aromatic nitrogens is 3. The van der Waals surface area contributed by atoms with Gasteiger partial charge in [-0.2, -0.15) is 0 Å². The monoisotopic (exact) mass is 419 g/mol. The molecule has 1 atom stereocenters. The normalized spacial score (nSPS) is 17.1. The number of rotatable bonds is 5. The standard InChI is InChI=1S/C20H22ClN5O.ClH/c1-27-20-5-3-2-4-18(20)19-12-22-10-11-25(19)13-16-14-26(24-23-16)17-8-6-15(21)7-9-17;/h2-9,14,19,22H,10-13H2,1H3;1H. The van der Waals surface area contributed by atoms with Gasteiger partial charge < -0.3 is 10.1 Å². The van der Waals surface area contributed by atoms with E-state index in [1.165, 1.54) is 5.56 Å². The maximum absolute atomic E-state index is 5.96. The Balaban J connectivity index is 0.00000225. The quantitative estimate of drug-likeness (QED) is 0.685. The van der Waals surface area contributed by atoms with Crippen molar-refractivity contribution < 1.29 is 4.74 Å². The first-order valence-electron chi connectivity index (χ1n) is 8.99. The van der Waals surface area contributed by atoms with Crippen molar-refractivity contribution in [3.63, 3.8) is 0 Å². The molecule has 1 aromatic heterocycles. The van der Waals surface area contributed by atoms with Gasteiger partial charge in [-0.25, -0.2) is 4.68 Å². The maximum Gasteiger partial charge on any atom is 0.123 e. The van der Waals surface area contributed by atoms with Gasteiger partial charge in [-0.05, 0) is 30.3 Å². The highest BCUT2D eigenvalue weighted by molar-refractivity contribution is 6.30. The van der Waals surface area contributed by atoms with Crippen LogP contribution in [0, 0.1) is 0 Å². The fourth-order valence-electron chi connectivity index (χ4n) is 3.48. The summed E-state index contributed by atoms with van der Waals surface area (Å²) in [6.45, 7) is 3.51. The number of nitrogens with zero attached hydrogens (tertiary/aromatic N) is 4. The van der Waals surface area contributed by atoms with E-state index >= 15 is 0 Å². The summed E-state index contributed by atoms with van der Waals surface area (Å²) in [6.07, 6.45) is 1.98. The Morgan fingerprint density at radius 2 is 1.96 bits per heavy atom. The number of methoxy groups -OCH3 is 1. The average molecular weight is 420 g/mol. The Morgan fingerprint density at radius 3 is 2.75 bits per heavy atom. The van der Waals surface area contributed by atoms with Crippen LogP contribution in [0.4, 0.5) is 0 Å². The van der Waals surface area contributed by atoms with E-state index in [0.717, 1.165) is 43.3 Å². The molecule has 3 aromatic rings. The fourth-order valence-corrected chi connectivity index (χ4v) is 3.61. The zero-order valence-corrected chi connectivity index (χ0v) is 17.2. The van der Waals surface area contributed by atoms with Gasteiger partial charge >= 0.3 is 0 Å². The molecule has 0 radical (unpaired) electrons. The predicted molar refractivity (Wildman–Crippen MR) is 113 cm³/mol. The smallest absolute Gasteiger partial charge is 0.123 e. The summed E-state index contributed by atoms with van der Waals surface area (Å²) in [5, 5.41) is 12.8. The van der Waals surface area contributed by atoms with Crippen LogP contribution in [0.25, 0.3) is 5.69 Å². The van der Waals surface area contributed by atoms with Crippen molar-refractivity contribution in [3.05, 3.63) is 71.0 Å². The van der Waals surface area contributed by atoms with Crippen LogP contribution in [-0.4, -0.2) is 46.6 Å². The van der Waals surface area contributed by atoms with Crippen molar-refractivity contribution in [2.75, 3.05) is 26.7 Å². The minimum absolute atomic E-state index is 0. The Labute approximate surface area is 175 Å². The summed E-state index contributed by atoms with van der Waals surface area (Å²) in [5.74, 6) is 0.918. The molecule has 1 fully saturated rings. The molecule has 6 nitrogen and oxygen atoms in total. The van der Waals surface area contributed by atoms with Crippen LogP contribution in [0.3, 0.4) is 0 Å². The lowest BCUT2D eigenvalue weighted by Crippen LogP contribution is -2.45. The summed E-state index contributed by atoms with van der Waals surface area (Å²) in [7, 11) is 1.72. The topological polar surface area (TPSA) is 55.2 Å². The molecule has 0 saturated carbocycles. The highest BCUT2D eigenvalue weighted by Gasteiger charge is 2.26. The Kier molecular flexibility index (Phi) is 6.91. The number of hydrogen-bond acceptors (Lipinski definition) is 5. The second kappa shape index (κ2) is 9.39. The molecule has 1 aliphatic heterocycles. The number of para-hydroxylation sites is 1. The van der Waals surface area contributed by atoms with Crippen LogP contribution in [0.5, 0.6) is 5.75 Å². The summed E-state index contributed by atoms with van der Waals surface area (Å²) in [5.41, 5.74) is 3.07. The predicted octanol–water partition coefficient (Wildman–Crippen LogP) is 3.50. The minimum atomic E-state index is 0. The van der Waals surface area contributed by atoms with Gasteiger partial charge in [0.05, 0.1) is 30.7 Å². The second-order valence-electron chi connectivity index (χ2n) is 6.56. The second-order valence-corrected chi connectivity index (χ2v) is 7.00. The SMILES string of the molecule is COc1ccccc1C1CNCCN1Cc1cn(-c2ccc(Cl)cc2)nn1.Cl. The lowest BCUT2D eigenvalue weighted by atomic mass is 10.0. The highest BCUT2D eigenvalue weighted by Crippen LogP contribution is 2.31. The first-order valence-corrected chi connectivity index (χ1v) is 9.37. The number of ether oxygens (including phenoxy) is 1. The van der Waals surface area contributed by atoms with E-state index in [9.17, 15) is 0 Å². The highest BCUT2D eigenvalue weighted by atomic mass is 35.5. The molecule has 1 N–H and O–H groups in total. The Morgan fingerprint density at radius 1 is 1.18 bits per heavy atom. The number of piperazine rings is 1. The van der Waals surface area contributed by atoms with Crippen molar-refractivity contribution in [3.8, 4) is 11.4 Å². The third kappa shape index (κ3) is 4.47. The molecule has 1 saturated heterocycles. The zero-order valence-electron chi connectivity index (χ0n) is 15.6. The van der Waals surface area contributed by atoms with Crippen molar-refractivity contribution in [2.45, 2.75) is 12.6 Å². The van der Waals surface area contributed by atoms with Crippen LogP contribution >= 0.6 is 24.0 Å². The molecule has 28 heavy (non-hydrogen) atoms. The lowest BCUT2D eigenvalue weighted by molar-refractivity contribution is 0.149. The van der Waals surface area contributed by atoms with Gasteiger partial charge in [0, 0.05) is 36.8 Å².